The summed E-state index contributed by atoms with van der Waals surface area (Å²) < 4.78 is 13.5. The Bertz CT molecular complexity index is 576. The topological polar surface area (TPSA) is 37.8 Å². The summed E-state index contributed by atoms with van der Waals surface area (Å²) in [4.78, 5) is 8.93. The highest BCUT2D eigenvalue weighted by Crippen LogP contribution is 2.19. The zero-order valence-electron chi connectivity index (χ0n) is 12.2. The Labute approximate surface area is 119 Å². The number of nitrogens with one attached hydrogen (secondary N) is 1. The third kappa shape index (κ3) is 3.84. The predicted molar refractivity (Wildman–Crippen MR) is 78.9 cm³/mol. The Morgan fingerprint density at radius 3 is 2.60 bits per heavy atom. The SMILES string of the molecule is CCCNCc1cc(C)nc(-c2cc(C)cc(F)c2)n1. The number of aromatic nitrogens is 2. The van der Waals surface area contributed by atoms with Crippen LogP contribution in [0.4, 0.5) is 4.39 Å². The number of benzene rings is 1. The quantitative estimate of drug-likeness (QED) is 0.848. The maximum absolute atomic E-state index is 13.5. The van der Waals surface area contributed by atoms with Crippen LogP contribution in [-0.4, -0.2) is 16.5 Å². The summed E-state index contributed by atoms with van der Waals surface area (Å²) in [6.07, 6.45) is 1.08. The molecule has 0 amide bonds. The van der Waals surface area contributed by atoms with E-state index in [-0.39, 0.29) is 5.82 Å². The minimum Gasteiger partial charge on any atom is -0.311 e. The predicted octanol–water partition coefficient (Wildman–Crippen LogP) is 3.40. The van der Waals surface area contributed by atoms with Gasteiger partial charge in [0.25, 0.3) is 0 Å². The molecule has 20 heavy (non-hydrogen) atoms. The first-order valence-corrected chi connectivity index (χ1v) is 6.91. The Hall–Kier alpha value is -1.81. The first-order valence-electron chi connectivity index (χ1n) is 6.91. The van der Waals surface area contributed by atoms with E-state index < -0.39 is 0 Å². The van der Waals surface area contributed by atoms with Gasteiger partial charge in [-0.05, 0) is 56.6 Å². The lowest BCUT2D eigenvalue weighted by atomic mass is 10.1. The fraction of sp³-hybridized carbons (Fsp3) is 0.375. The molecule has 0 saturated heterocycles. The van der Waals surface area contributed by atoms with Crippen LogP contribution >= 0.6 is 0 Å². The molecule has 0 fully saturated rings. The van der Waals surface area contributed by atoms with Crippen molar-refractivity contribution in [1.29, 1.82) is 0 Å². The number of rotatable bonds is 5. The van der Waals surface area contributed by atoms with Gasteiger partial charge in [0.05, 0.1) is 5.69 Å². The molecule has 0 aliphatic heterocycles. The molecule has 0 atom stereocenters. The molecule has 4 heteroatoms. The van der Waals surface area contributed by atoms with Crippen molar-refractivity contribution in [2.24, 2.45) is 0 Å². The highest BCUT2D eigenvalue weighted by molar-refractivity contribution is 5.56. The molecule has 3 nitrogen and oxygen atoms in total. The van der Waals surface area contributed by atoms with Crippen molar-refractivity contribution in [3.05, 3.63) is 47.0 Å². The molecule has 106 valence electrons. The molecule has 0 aliphatic rings. The zero-order valence-corrected chi connectivity index (χ0v) is 12.2. The third-order valence-corrected chi connectivity index (χ3v) is 2.94. The van der Waals surface area contributed by atoms with E-state index in [2.05, 4.69) is 22.2 Å². The summed E-state index contributed by atoms with van der Waals surface area (Å²) in [5, 5.41) is 3.32. The van der Waals surface area contributed by atoms with Crippen molar-refractivity contribution in [3.63, 3.8) is 0 Å². The van der Waals surface area contributed by atoms with Crippen LogP contribution in [0, 0.1) is 19.7 Å². The molecular formula is C16H20FN3. The monoisotopic (exact) mass is 273 g/mol. The zero-order chi connectivity index (χ0) is 14.5. The maximum Gasteiger partial charge on any atom is 0.159 e. The normalized spacial score (nSPS) is 10.8. The summed E-state index contributed by atoms with van der Waals surface area (Å²) in [5.74, 6) is 0.330. The number of hydrogen-bond donors (Lipinski definition) is 1. The number of aryl methyl sites for hydroxylation is 2. The van der Waals surface area contributed by atoms with Crippen LogP contribution in [-0.2, 0) is 6.54 Å². The number of halogens is 1. The average molecular weight is 273 g/mol. The van der Waals surface area contributed by atoms with Gasteiger partial charge in [-0.25, -0.2) is 14.4 Å². The average Bonchev–Trinajstić information content (AvgIpc) is 2.37. The van der Waals surface area contributed by atoms with Gasteiger partial charge in [-0.2, -0.15) is 0 Å². The van der Waals surface area contributed by atoms with Crippen molar-refractivity contribution in [2.75, 3.05) is 6.54 Å². The first kappa shape index (κ1) is 14.6. The fourth-order valence-corrected chi connectivity index (χ4v) is 2.11. The van der Waals surface area contributed by atoms with E-state index in [0.717, 1.165) is 35.5 Å². The third-order valence-electron chi connectivity index (χ3n) is 2.94. The van der Waals surface area contributed by atoms with Crippen LogP contribution in [0.15, 0.2) is 24.3 Å². The fourth-order valence-electron chi connectivity index (χ4n) is 2.11. The van der Waals surface area contributed by atoms with E-state index in [0.29, 0.717) is 12.4 Å². The second-order valence-corrected chi connectivity index (χ2v) is 5.02. The molecule has 2 rings (SSSR count). The Morgan fingerprint density at radius 2 is 1.90 bits per heavy atom. The summed E-state index contributed by atoms with van der Waals surface area (Å²) in [7, 11) is 0. The van der Waals surface area contributed by atoms with Crippen molar-refractivity contribution in [3.8, 4) is 11.4 Å². The molecular weight excluding hydrogens is 253 g/mol. The number of hydrogen-bond acceptors (Lipinski definition) is 3. The van der Waals surface area contributed by atoms with Crippen molar-refractivity contribution >= 4 is 0 Å². The van der Waals surface area contributed by atoms with Gasteiger partial charge in [0.15, 0.2) is 5.82 Å². The van der Waals surface area contributed by atoms with E-state index in [1.807, 2.05) is 26.0 Å². The van der Waals surface area contributed by atoms with Gasteiger partial charge in [-0.15, -0.1) is 0 Å². The van der Waals surface area contributed by atoms with Gasteiger partial charge in [-0.3, -0.25) is 0 Å². The summed E-state index contributed by atoms with van der Waals surface area (Å²) in [6.45, 7) is 7.59. The van der Waals surface area contributed by atoms with Gasteiger partial charge >= 0.3 is 0 Å². The minimum atomic E-state index is -0.254. The van der Waals surface area contributed by atoms with Gasteiger partial charge in [0.2, 0.25) is 0 Å². The van der Waals surface area contributed by atoms with E-state index in [4.69, 9.17) is 0 Å². The molecule has 1 heterocycles. The van der Waals surface area contributed by atoms with E-state index >= 15 is 0 Å². The van der Waals surface area contributed by atoms with Crippen molar-refractivity contribution in [2.45, 2.75) is 33.7 Å². The minimum absolute atomic E-state index is 0.254. The standard InChI is InChI=1S/C16H20FN3/c1-4-5-18-10-15-8-12(3)19-16(20-15)13-6-11(2)7-14(17)9-13/h6-9,18H,4-5,10H2,1-3H3. The summed E-state index contributed by atoms with van der Waals surface area (Å²) in [5.41, 5.74) is 3.42. The Morgan fingerprint density at radius 1 is 1.10 bits per heavy atom. The van der Waals surface area contributed by atoms with Crippen molar-refractivity contribution in [1.82, 2.24) is 15.3 Å². The molecule has 1 N–H and O–H groups in total. The highest BCUT2D eigenvalue weighted by atomic mass is 19.1. The largest absolute Gasteiger partial charge is 0.311 e. The lowest BCUT2D eigenvalue weighted by Crippen LogP contribution is -2.15. The lowest BCUT2D eigenvalue weighted by molar-refractivity contribution is 0.627. The van der Waals surface area contributed by atoms with E-state index in [9.17, 15) is 4.39 Å². The van der Waals surface area contributed by atoms with Crippen molar-refractivity contribution < 1.29 is 4.39 Å². The summed E-state index contributed by atoms with van der Waals surface area (Å²) in [6, 6.07) is 6.84. The van der Waals surface area contributed by atoms with Crippen LogP contribution < -0.4 is 5.32 Å². The summed E-state index contributed by atoms with van der Waals surface area (Å²) >= 11 is 0. The first-order chi connectivity index (χ1) is 9.58. The molecule has 1 aromatic carbocycles. The van der Waals surface area contributed by atoms with Gasteiger partial charge < -0.3 is 5.32 Å². The molecule has 0 radical (unpaired) electrons. The van der Waals surface area contributed by atoms with Crippen LogP contribution in [0.5, 0.6) is 0 Å². The van der Waals surface area contributed by atoms with Crippen LogP contribution in [0.25, 0.3) is 11.4 Å². The molecule has 0 spiro atoms. The molecule has 0 saturated carbocycles. The highest BCUT2D eigenvalue weighted by Gasteiger charge is 2.07. The van der Waals surface area contributed by atoms with E-state index in [1.54, 1.807) is 0 Å². The second-order valence-electron chi connectivity index (χ2n) is 5.02. The Kier molecular flexibility index (Phi) is 4.79. The van der Waals surface area contributed by atoms with Gasteiger partial charge in [0.1, 0.15) is 5.82 Å². The smallest absolute Gasteiger partial charge is 0.159 e. The van der Waals surface area contributed by atoms with Crippen LogP contribution in [0.1, 0.15) is 30.3 Å². The van der Waals surface area contributed by atoms with Crippen LogP contribution in [0.3, 0.4) is 0 Å². The maximum atomic E-state index is 13.5. The lowest BCUT2D eigenvalue weighted by Gasteiger charge is -2.08. The van der Waals surface area contributed by atoms with Gasteiger partial charge in [-0.1, -0.05) is 6.92 Å². The molecule has 2 aromatic rings. The number of nitrogens with zero attached hydrogens (tertiary/aromatic N) is 2. The molecule has 0 unspecified atom stereocenters. The Balaban J connectivity index is 2.31. The second kappa shape index (κ2) is 6.57. The molecule has 0 bridgehead atoms. The van der Waals surface area contributed by atoms with Crippen LogP contribution in [0.2, 0.25) is 0 Å². The van der Waals surface area contributed by atoms with Gasteiger partial charge in [0, 0.05) is 17.8 Å². The molecule has 0 aliphatic carbocycles. The molecule has 1 aromatic heterocycles. The van der Waals surface area contributed by atoms with E-state index in [1.165, 1.54) is 12.1 Å².